The van der Waals surface area contributed by atoms with Crippen molar-refractivity contribution in [3.8, 4) is 29.1 Å². The lowest BCUT2D eigenvalue weighted by atomic mass is 9.53. The first-order valence-corrected chi connectivity index (χ1v) is 42.2. The monoisotopic (exact) mass is 1630 g/mol. The van der Waals surface area contributed by atoms with Gasteiger partial charge >= 0.3 is 12.1 Å². The third-order valence-electron chi connectivity index (χ3n) is 24.6. The highest BCUT2D eigenvalue weighted by atomic mass is 16.5. The second-order valence-electron chi connectivity index (χ2n) is 35.7. The number of nitrogens with zero attached hydrogens (tertiary/aromatic N) is 8. The number of ether oxygens (including phenoxy) is 6. The fraction of sp³-hybridized carbons (Fsp3) is 0.511. The summed E-state index contributed by atoms with van der Waals surface area (Å²) < 4.78 is 38.7. The molecule has 0 saturated heterocycles. The van der Waals surface area contributed by atoms with Gasteiger partial charge in [-0.15, -0.1) is 0 Å². The van der Waals surface area contributed by atoms with Crippen molar-refractivity contribution in [3.63, 3.8) is 0 Å². The van der Waals surface area contributed by atoms with E-state index in [2.05, 4.69) is 35.8 Å². The minimum atomic E-state index is -0.989. The third-order valence-corrected chi connectivity index (χ3v) is 24.6. The van der Waals surface area contributed by atoms with E-state index in [0.717, 1.165) is 204 Å². The van der Waals surface area contributed by atoms with Crippen LogP contribution in [0.5, 0.6) is 29.1 Å². The molecule has 8 fully saturated rings. The number of fused-ring (bicyclic) bond motifs is 5. The number of aromatic nitrogens is 8. The molecule has 0 atom stereocenters. The predicted molar refractivity (Wildman–Crippen MR) is 442 cm³/mol. The highest BCUT2D eigenvalue weighted by molar-refractivity contribution is 6.01. The minimum absolute atomic E-state index is 0.00202. The van der Waals surface area contributed by atoms with Crippen molar-refractivity contribution in [2.75, 3.05) is 13.2 Å². The van der Waals surface area contributed by atoms with E-state index in [1.54, 1.807) is 68.9 Å². The molecule has 5 amide bonds. The van der Waals surface area contributed by atoms with Gasteiger partial charge in [0.25, 0.3) is 23.6 Å². The van der Waals surface area contributed by atoms with Gasteiger partial charge in [-0.2, -0.15) is 15.2 Å². The summed E-state index contributed by atoms with van der Waals surface area (Å²) in [6.07, 6.45) is 28.2. The number of carboxylic acid groups (broad SMARTS) is 1. The molecule has 0 unspecified atom stereocenters. The molecule has 0 aliphatic heterocycles. The van der Waals surface area contributed by atoms with Gasteiger partial charge in [-0.25, -0.2) is 33.6 Å². The van der Waals surface area contributed by atoms with Crippen molar-refractivity contribution in [2.24, 2.45) is 39.2 Å². The SMILES string of the molecule is CC.CC(C)(O)COc1ccc2c(C(=O)NC3CC4(C3)CC(Oc3nc5c(cc3C(N)=O)CCCC5)C4)cnn2c1C1CC1.CC(C)(O)COc1ccc2c(C(=O)O)cnn2c1C1CC1.NC(=O)c1cc2c(nc1OC1CC3(CC(N)C3)C1)CCCC2.NC(=O)c1cc2cccnc2nc1OC1CC2(CC(NC(=O)OCc3ccccc3)C2)C1. The fourth-order valence-corrected chi connectivity index (χ4v) is 18.5. The molecule has 19 rings (SSSR count). The standard InChI is InChI=1S/C32H39N5O5.C24H24N4O4.C17H23N3O2.C15H18N2O4.C2H6/c1-31(2,40)17-41-26-10-9-25-23(16-34-37(25)27(26)18-7-8-18)29(39)35-20-12-32(13-20)14-21(15-32)42-30-22(28(33)38)11-19-5-3-4-6-24(19)36-30;25-20(29)19-9-16-7-4-8-26-21(16)28-22(19)32-18-12-24(13-18)10-17(11-24)27-23(30)31-14-15-5-2-1-3-6-15;18-11-6-17(7-11)8-12(9-17)22-16-13(15(19)21)5-10-3-1-2-4-14(10)20-16;1-15(2,20)8-21-12-6-5-11-10(14(18)19)7-16-17(11)13(12)9-3-4-9;1-2/h9-11,16,18,20-21,40H,3-8,12-15,17H2,1-2H3,(H2,33,38)(H,35,39);1-9,17-18H,10-14H2,(H2,25,29)(H,27,30);5,11-12H,1-4,6-9,18H2,(H2,19,21);5-7,9,20H,3-4,8H2,1-2H3,(H,18,19);1-2H3. The summed E-state index contributed by atoms with van der Waals surface area (Å²) in [5.41, 5.74) is 32.3. The number of pyridine rings is 6. The van der Waals surface area contributed by atoms with Crippen LogP contribution in [0.2, 0.25) is 0 Å². The van der Waals surface area contributed by atoms with Crippen molar-refractivity contribution in [3.05, 3.63) is 171 Å². The average Bonchev–Trinajstić information content (AvgIpc) is 1.75. The summed E-state index contributed by atoms with van der Waals surface area (Å²) in [7, 11) is 0. The molecule has 9 aromatic rings. The van der Waals surface area contributed by atoms with Crippen LogP contribution in [0.25, 0.3) is 22.1 Å². The second-order valence-corrected chi connectivity index (χ2v) is 35.7. The van der Waals surface area contributed by atoms with Gasteiger partial charge in [0.15, 0.2) is 5.65 Å². The summed E-state index contributed by atoms with van der Waals surface area (Å²) in [6.45, 7) is 11.4. The molecule has 1 aromatic carbocycles. The van der Waals surface area contributed by atoms with E-state index in [0.29, 0.717) is 74.4 Å². The highest BCUT2D eigenvalue weighted by Crippen LogP contribution is 2.59. The number of rotatable bonds is 23. The molecular weight excluding hydrogens is 1520 g/mol. The fourth-order valence-electron chi connectivity index (χ4n) is 18.5. The summed E-state index contributed by atoms with van der Waals surface area (Å²) in [6, 6.07) is 26.5. The Hall–Kier alpha value is -11.0. The summed E-state index contributed by atoms with van der Waals surface area (Å²) in [5.74, 6) is 0.476. The van der Waals surface area contributed by atoms with Gasteiger partial charge in [0.2, 0.25) is 17.6 Å². The van der Waals surface area contributed by atoms with Crippen molar-refractivity contribution >= 4 is 57.8 Å². The Morgan fingerprint density at radius 3 is 1.41 bits per heavy atom. The van der Waals surface area contributed by atoms with Crippen LogP contribution in [0, 0.1) is 16.2 Å². The van der Waals surface area contributed by atoms with Gasteiger partial charge in [-0.1, -0.05) is 44.2 Å². The lowest BCUT2D eigenvalue weighted by Crippen LogP contribution is -2.58. The topological polar surface area (TPSA) is 433 Å². The molecule has 29 nitrogen and oxygen atoms in total. The van der Waals surface area contributed by atoms with Gasteiger partial charge in [-0.3, -0.25) is 19.2 Å². The van der Waals surface area contributed by atoms with Crippen LogP contribution in [0.15, 0.2) is 104 Å². The molecular formula is C90H110N14O15. The van der Waals surface area contributed by atoms with E-state index in [1.165, 1.54) is 6.20 Å². The number of carboxylic acids is 1. The molecule has 29 heteroatoms. The van der Waals surface area contributed by atoms with E-state index < -0.39 is 34.9 Å². The molecule has 10 aliphatic carbocycles. The van der Waals surface area contributed by atoms with Gasteiger partial charge < -0.3 is 77.3 Å². The Morgan fingerprint density at radius 1 is 0.521 bits per heavy atom. The first-order valence-electron chi connectivity index (χ1n) is 42.2. The number of primary amides is 3. The first kappa shape index (κ1) is 83.0. The molecule has 3 spiro atoms. The smallest absolute Gasteiger partial charge is 0.407 e. The Bertz CT molecular complexity index is 5280. The maximum Gasteiger partial charge on any atom is 0.407 e. The normalized spacial score (nSPS) is 24.0. The van der Waals surface area contributed by atoms with Crippen LogP contribution in [-0.2, 0) is 37.0 Å². The Labute approximate surface area is 690 Å². The zero-order chi connectivity index (χ0) is 83.9. The van der Waals surface area contributed by atoms with E-state index in [4.69, 9.17) is 56.3 Å². The second kappa shape index (κ2) is 34.0. The first-order chi connectivity index (χ1) is 57.0. The van der Waals surface area contributed by atoms with Gasteiger partial charge in [0, 0.05) is 52.9 Å². The van der Waals surface area contributed by atoms with E-state index >= 15 is 0 Å². The Kier molecular flexibility index (Phi) is 23.7. The molecule has 10 aliphatic rings. The number of alkyl carbamates (subject to hydrolysis) is 1. The van der Waals surface area contributed by atoms with Crippen LogP contribution in [0.4, 0.5) is 4.79 Å². The van der Waals surface area contributed by atoms with Gasteiger partial charge in [0.05, 0.1) is 51.6 Å². The summed E-state index contributed by atoms with van der Waals surface area (Å²) >= 11 is 0. The van der Waals surface area contributed by atoms with Crippen molar-refractivity contribution in [1.82, 2.24) is 49.8 Å². The number of carbonyl (C=O) groups excluding carboxylic acids is 5. The zero-order valence-electron chi connectivity index (χ0n) is 68.7. The number of aromatic carboxylic acids is 1. The largest absolute Gasteiger partial charge is 0.489 e. The van der Waals surface area contributed by atoms with Gasteiger partial charge in [-0.05, 0) is 269 Å². The third kappa shape index (κ3) is 19.0. The number of benzene rings is 1. The predicted octanol–water partition coefficient (Wildman–Crippen LogP) is 12.0. The molecule has 8 heterocycles. The number of hydrogen-bond acceptors (Lipinski definition) is 21. The van der Waals surface area contributed by atoms with E-state index in [9.17, 15) is 44.1 Å². The summed E-state index contributed by atoms with van der Waals surface area (Å²) in [5, 5.41) is 44.7. The van der Waals surface area contributed by atoms with Crippen LogP contribution < -0.4 is 57.3 Å². The zero-order valence-corrected chi connectivity index (χ0v) is 68.7. The Morgan fingerprint density at radius 2 is 0.958 bits per heavy atom. The van der Waals surface area contributed by atoms with Gasteiger partial charge in [0.1, 0.15) is 71.9 Å². The number of aliphatic hydroxyl groups is 2. The molecule has 8 saturated carbocycles. The highest BCUT2D eigenvalue weighted by Gasteiger charge is 2.57. The van der Waals surface area contributed by atoms with Crippen LogP contribution in [0.1, 0.15) is 273 Å². The molecule has 8 aromatic heterocycles. The van der Waals surface area contributed by atoms with E-state index in [1.807, 2.05) is 79.0 Å². The maximum atomic E-state index is 13.3. The lowest BCUT2D eigenvalue weighted by molar-refractivity contribution is -0.0858. The number of nitrogens with one attached hydrogen (secondary N) is 2. The number of aryl methyl sites for hydroxylation is 4. The molecule has 0 bridgehead atoms. The van der Waals surface area contributed by atoms with Crippen molar-refractivity contribution in [1.29, 1.82) is 0 Å². The number of nitrogens with two attached hydrogens (primary N) is 4. The molecule has 13 N–H and O–H groups in total. The lowest BCUT2D eigenvalue weighted by Gasteiger charge is -2.57. The van der Waals surface area contributed by atoms with Crippen LogP contribution in [-0.4, -0.2) is 151 Å². The summed E-state index contributed by atoms with van der Waals surface area (Å²) in [4.78, 5) is 90.1. The Balaban J connectivity index is 0.000000128. The average molecular weight is 1630 g/mol. The minimum Gasteiger partial charge on any atom is -0.489 e. The maximum absolute atomic E-state index is 13.3. The van der Waals surface area contributed by atoms with E-state index in [-0.39, 0.29) is 90.1 Å². The quantitative estimate of drug-likeness (QED) is 0.0287. The van der Waals surface area contributed by atoms with Crippen molar-refractivity contribution < 1.29 is 72.5 Å². The molecule has 119 heavy (non-hydrogen) atoms. The van der Waals surface area contributed by atoms with Crippen molar-refractivity contribution in [2.45, 2.75) is 262 Å². The number of hydrogen-bond donors (Lipinski definition) is 9. The van der Waals surface area contributed by atoms with Crippen LogP contribution in [0.3, 0.4) is 0 Å². The molecule has 0 radical (unpaired) electrons. The molecule has 630 valence electrons. The number of carbonyl (C=O) groups is 6. The van der Waals surface area contributed by atoms with Crippen LogP contribution >= 0.6 is 0 Å². The number of amides is 5.